The minimum Gasteiger partial charge on any atom is -0.497 e. The molecule has 3 aromatic carbocycles. The Hall–Kier alpha value is -3.59. The van der Waals surface area contributed by atoms with Gasteiger partial charge in [-0.2, -0.15) is 0 Å². The van der Waals surface area contributed by atoms with Crippen LogP contribution in [0.1, 0.15) is 5.56 Å². The Morgan fingerprint density at radius 1 is 0.750 bits per heavy atom. The van der Waals surface area contributed by atoms with Crippen molar-refractivity contribution >= 4 is 21.9 Å². The first-order valence-electron chi connectivity index (χ1n) is 9.34. The summed E-state index contributed by atoms with van der Waals surface area (Å²) < 4.78 is 5.27. The molecule has 1 N–H and O–H groups in total. The van der Waals surface area contributed by atoms with Crippen molar-refractivity contribution in [2.24, 2.45) is 0 Å². The maximum Gasteiger partial charge on any atom is 0.138 e. The fourth-order valence-corrected chi connectivity index (χ4v) is 3.72. The van der Waals surface area contributed by atoms with Gasteiger partial charge in [0.05, 0.1) is 7.11 Å². The standard InChI is InChI=1S/C25H20N2O/c1-16-4-3-5-18(12-16)20-14-23-22-13-19(17-6-9-21(28-2)10-7-17)8-11-24(22)27-25(23)26-15-20/h3-15H,1-2H3,(H,26,27). The van der Waals surface area contributed by atoms with E-state index in [1.807, 2.05) is 18.3 Å². The second-order valence-corrected chi connectivity index (χ2v) is 7.10. The number of methoxy groups -OCH3 is 1. The average molecular weight is 364 g/mol. The lowest BCUT2D eigenvalue weighted by Crippen LogP contribution is -1.83. The number of benzene rings is 3. The van der Waals surface area contributed by atoms with E-state index in [2.05, 4.69) is 77.6 Å². The van der Waals surface area contributed by atoms with Crippen molar-refractivity contribution in [1.82, 2.24) is 9.97 Å². The molecule has 3 nitrogen and oxygen atoms in total. The molecule has 2 aromatic heterocycles. The van der Waals surface area contributed by atoms with Crippen LogP contribution in [-0.2, 0) is 0 Å². The normalized spacial score (nSPS) is 11.2. The molecule has 5 aromatic rings. The molecule has 0 aliphatic rings. The highest BCUT2D eigenvalue weighted by Crippen LogP contribution is 2.32. The van der Waals surface area contributed by atoms with Gasteiger partial charge in [0.25, 0.3) is 0 Å². The van der Waals surface area contributed by atoms with Gasteiger partial charge in [-0.15, -0.1) is 0 Å². The highest BCUT2D eigenvalue weighted by molar-refractivity contribution is 6.08. The van der Waals surface area contributed by atoms with E-state index < -0.39 is 0 Å². The maximum atomic E-state index is 5.27. The van der Waals surface area contributed by atoms with Crippen LogP contribution in [0.25, 0.3) is 44.2 Å². The van der Waals surface area contributed by atoms with Crippen LogP contribution >= 0.6 is 0 Å². The van der Waals surface area contributed by atoms with E-state index in [9.17, 15) is 0 Å². The smallest absolute Gasteiger partial charge is 0.138 e. The van der Waals surface area contributed by atoms with E-state index in [0.717, 1.165) is 27.9 Å². The summed E-state index contributed by atoms with van der Waals surface area (Å²) in [7, 11) is 1.69. The summed E-state index contributed by atoms with van der Waals surface area (Å²) in [5.74, 6) is 0.865. The van der Waals surface area contributed by atoms with Gasteiger partial charge in [-0.05, 0) is 53.9 Å². The molecule has 5 rings (SSSR count). The van der Waals surface area contributed by atoms with Crippen LogP contribution in [0.5, 0.6) is 5.75 Å². The molecule has 0 radical (unpaired) electrons. The number of rotatable bonds is 3. The number of hydrogen-bond donors (Lipinski definition) is 1. The van der Waals surface area contributed by atoms with Gasteiger partial charge in [-0.1, -0.05) is 48.0 Å². The monoisotopic (exact) mass is 364 g/mol. The third-order valence-corrected chi connectivity index (χ3v) is 5.23. The van der Waals surface area contributed by atoms with E-state index in [1.54, 1.807) is 7.11 Å². The lowest BCUT2D eigenvalue weighted by atomic mass is 10.0. The van der Waals surface area contributed by atoms with Crippen molar-refractivity contribution in [3.8, 4) is 28.0 Å². The highest BCUT2D eigenvalue weighted by atomic mass is 16.5. The summed E-state index contributed by atoms with van der Waals surface area (Å²) in [6.07, 6.45) is 1.94. The van der Waals surface area contributed by atoms with Crippen LogP contribution in [0.15, 0.2) is 79.0 Å². The van der Waals surface area contributed by atoms with Crippen molar-refractivity contribution in [3.05, 3.63) is 84.6 Å². The van der Waals surface area contributed by atoms with Crippen LogP contribution in [0.4, 0.5) is 0 Å². The molecular weight excluding hydrogens is 344 g/mol. The van der Waals surface area contributed by atoms with E-state index in [-0.39, 0.29) is 0 Å². The fraction of sp³-hybridized carbons (Fsp3) is 0.0800. The topological polar surface area (TPSA) is 37.9 Å². The van der Waals surface area contributed by atoms with Gasteiger partial charge in [0, 0.05) is 28.0 Å². The fourth-order valence-electron chi connectivity index (χ4n) is 3.72. The van der Waals surface area contributed by atoms with Crippen LogP contribution in [0.3, 0.4) is 0 Å². The summed E-state index contributed by atoms with van der Waals surface area (Å²) in [6, 6.07) is 25.4. The minimum absolute atomic E-state index is 0.865. The van der Waals surface area contributed by atoms with Gasteiger partial charge in [0.15, 0.2) is 0 Å². The van der Waals surface area contributed by atoms with Crippen LogP contribution in [-0.4, -0.2) is 17.1 Å². The first kappa shape index (κ1) is 16.6. The van der Waals surface area contributed by atoms with Crippen molar-refractivity contribution in [2.45, 2.75) is 6.92 Å². The Balaban J connectivity index is 1.66. The molecular formula is C25H20N2O. The molecule has 0 aliphatic heterocycles. The number of H-pyrrole nitrogens is 1. The molecule has 0 saturated carbocycles. The molecule has 0 amide bonds. The number of fused-ring (bicyclic) bond motifs is 3. The Kier molecular flexibility index (Phi) is 3.87. The van der Waals surface area contributed by atoms with Gasteiger partial charge >= 0.3 is 0 Å². The third kappa shape index (κ3) is 2.81. The quantitative estimate of drug-likeness (QED) is 0.404. The first-order valence-corrected chi connectivity index (χ1v) is 9.34. The maximum absolute atomic E-state index is 5.27. The van der Waals surface area contributed by atoms with Gasteiger partial charge in [-0.25, -0.2) is 4.98 Å². The first-order chi connectivity index (χ1) is 13.7. The lowest BCUT2D eigenvalue weighted by molar-refractivity contribution is 0.415. The van der Waals surface area contributed by atoms with Gasteiger partial charge < -0.3 is 9.72 Å². The molecule has 2 heterocycles. The summed E-state index contributed by atoms with van der Waals surface area (Å²) in [5.41, 5.74) is 7.93. The van der Waals surface area contributed by atoms with Crippen molar-refractivity contribution < 1.29 is 4.74 Å². The van der Waals surface area contributed by atoms with Gasteiger partial charge in [0.1, 0.15) is 11.4 Å². The average Bonchev–Trinajstić information content (AvgIpc) is 3.11. The summed E-state index contributed by atoms with van der Waals surface area (Å²) in [4.78, 5) is 8.11. The summed E-state index contributed by atoms with van der Waals surface area (Å²) >= 11 is 0. The summed E-state index contributed by atoms with van der Waals surface area (Å²) in [6.45, 7) is 2.11. The lowest BCUT2D eigenvalue weighted by Gasteiger charge is -2.05. The molecule has 0 saturated heterocycles. The Morgan fingerprint density at radius 2 is 1.50 bits per heavy atom. The Morgan fingerprint density at radius 3 is 2.29 bits per heavy atom. The molecule has 0 aliphatic carbocycles. The Labute approximate surface area is 163 Å². The van der Waals surface area contributed by atoms with Crippen LogP contribution in [0.2, 0.25) is 0 Å². The number of hydrogen-bond acceptors (Lipinski definition) is 2. The van der Waals surface area contributed by atoms with Crippen molar-refractivity contribution in [3.63, 3.8) is 0 Å². The largest absolute Gasteiger partial charge is 0.497 e. The van der Waals surface area contributed by atoms with Gasteiger partial charge in [0.2, 0.25) is 0 Å². The minimum atomic E-state index is 0.865. The second-order valence-electron chi connectivity index (χ2n) is 7.10. The number of ether oxygens (including phenoxy) is 1. The number of nitrogens with one attached hydrogen (secondary N) is 1. The number of aromatic amines is 1. The highest BCUT2D eigenvalue weighted by Gasteiger charge is 2.09. The van der Waals surface area contributed by atoms with Gasteiger partial charge in [-0.3, -0.25) is 0 Å². The van der Waals surface area contributed by atoms with E-state index in [4.69, 9.17) is 4.74 Å². The number of nitrogens with zero attached hydrogens (tertiary/aromatic N) is 1. The molecule has 0 unspecified atom stereocenters. The zero-order valence-electron chi connectivity index (χ0n) is 15.9. The van der Waals surface area contributed by atoms with Crippen LogP contribution < -0.4 is 4.74 Å². The molecule has 28 heavy (non-hydrogen) atoms. The number of aromatic nitrogens is 2. The SMILES string of the molecule is COc1ccc(-c2ccc3[nH]c4ncc(-c5cccc(C)c5)cc4c3c2)cc1. The molecule has 0 fully saturated rings. The molecule has 0 atom stereocenters. The predicted molar refractivity (Wildman–Crippen MR) is 116 cm³/mol. The Bertz CT molecular complexity index is 1300. The molecule has 3 heteroatoms. The predicted octanol–water partition coefficient (Wildman–Crippen LogP) is 6.37. The molecule has 0 bridgehead atoms. The summed E-state index contributed by atoms with van der Waals surface area (Å²) in [5, 5.41) is 2.33. The van der Waals surface area contributed by atoms with Crippen molar-refractivity contribution in [2.75, 3.05) is 7.11 Å². The van der Waals surface area contributed by atoms with E-state index in [0.29, 0.717) is 0 Å². The molecule has 136 valence electrons. The van der Waals surface area contributed by atoms with Crippen molar-refractivity contribution in [1.29, 1.82) is 0 Å². The number of aryl methyl sites for hydroxylation is 1. The van der Waals surface area contributed by atoms with E-state index in [1.165, 1.54) is 27.6 Å². The zero-order chi connectivity index (χ0) is 19.1. The second kappa shape index (κ2) is 6.54. The third-order valence-electron chi connectivity index (χ3n) is 5.23. The van der Waals surface area contributed by atoms with Crippen LogP contribution in [0, 0.1) is 6.92 Å². The molecule has 0 spiro atoms. The zero-order valence-corrected chi connectivity index (χ0v) is 15.9. The van der Waals surface area contributed by atoms with E-state index >= 15 is 0 Å². The number of pyridine rings is 1.